The van der Waals surface area contributed by atoms with Crippen LogP contribution in [0, 0.1) is 0 Å². The second-order valence-electron chi connectivity index (χ2n) is 6.03. The Kier molecular flexibility index (Phi) is 7.71. The predicted molar refractivity (Wildman–Crippen MR) is 108 cm³/mol. The smallest absolute Gasteiger partial charge is 0.239 e. The monoisotopic (exact) mass is 438 g/mol. The van der Waals surface area contributed by atoms with Gasteiger partial charge in [0.15, 0.2) is 5.16 Å². The number of aromatic amines is 1. The summed E-state index contributed by atoms with van der Waals surface area (Å²) in [7, 11) is 0. The fourth-order valence-electron chi connectivity index (χ4n) is 2.29. The van der Waals surface area contributed by atoms with Gasteiger partial charge in [0, 0.05) is 17.1 Å². The van der Waals surface area contributed by atoms with Gasteiger partial charge in [0.2, 0.25) is 11.8 Å². The summed E-state index contributed by atoms with van der Waals surface area (Å²) in [6, 6.07) is 7.97. The maximum absolute atomic E-state index is 12.4. The average Bonchev–Trinajstić information content (AvgIpc) is 3.06. The number of benzene rings is 1. The van der Waals surface area contributed by atoms with E-state index < -0.39 is 0 Å². The molecule has 0 aliphatic heterocycles. The van der Waals surface area contributed by atoms with Crippen molar-refractivity contribution in [2.75, 3.05) is 18.8 Å². The van der Waals surface area contributed by atoms with E-state index in [1.54, 1.807) is 11.1 Å². The molecule has 0 bridgehead atoms. The zero-order valence-electron chi connectivity index (χ0n) is 15.1. The van der Waals surface area contributed by atoms with Crippen molar-refractivity contribution in [3.05, 3.63) is 34.9 Å². The van der Waals surface area contributed by atoms with Crippen molar-refractivity contribution >= 4 is 39.5 Å². The number of likely N-dealkylation sites (N-methyl/N-ethyl adjacent to an activating group) is 1. The van der Waals surface area contributed by atoms with Crippen molar-refractivity contribution in [2.45, 2.75) is 32.0 Å². The number of aromatic nitrogens is 2. The van der Waals surface area contributed by atoms with Gasteiger partial charge in [-0.25, -0.2) is 4.98 Å². The fourth-order valence-corrected chi connectivity index (χ4v) is 3.31. The number of hydrogen-bond donors (Lipinski definition) is 2. The third-order valence-electron chi connectivity index (χ3n) is 3.56. The summed E-state index contributed by atoms with van der Waals surface area (Å²) in [5, 5.41) is 3.48. The molecule has 0 aliphatic rings. The lowest BCUT2D eigenvalue weighted by molar-refractivity contribution is -0.134. The highest BCUT2D eigenvalue weighted by atomic mass is 79.9. The lowest BCUT2D eigenvalue weighted by Gasteiger charge is -2.20. The Morgan fingerprint density at radius 3 is 2.62 bits per heavy atom. The Balaban J connectivity index is 1.90. The number of nitrogens with zero attached hydrogens (tertiary/aromatic N) is 2. The van der Waals surface area contributed by atoms with Crippen molar-refractivity contribution in [2.24, 2.45) is 0 Å². The topological polar surface area (TPSA) is 78.1 Å². The molecular weight excluding hydrogens is 416 g/mol. The number of hydrogen-bond acceptors (Lipinski definition) is 4. The van der Waals surface area contributed by atoms with Gasteiger partial charge in [0.25, 0.3) is 0 Å². The summed E-state index contributed by atoms with van der Waals surface area (Å²) < 4.78 is 1.02. The molecule has 2 rings (SSSR count). The van der Waals surface area contributed by atoms with E-state index in [2.05, 4.69) is 31.2 Å². The number of halogens is 1. The molecular formula is C18H23BrN4O2S. The Labute approximate surface area is 166 Å². The molecule has 1 aromatic heterocycles. The normalized spacial score (nSPS) is 10.8. The van der Waals surface area contributed by atoms with E-state index >= 15 is 0 Å². The maximum Gasteiger partial charge on any atom is 0.239 e. The minimum absolute atomic E-state index is 0.0610. The van der Waals surface area contributed by atoms with Gasteiger partial charge >= 0.3 is 0 Å². The molecule has 0 unspecified atom stereocenters. The first-order valence-corrected chi connectivity index (χ1v) is 10.2. The Morgan fingerprint density at radius 2 is 2.00 bits per heavy atom. The first-order chi connectivity index (χ1) is 12.4. The van der Waals surface area contributed by atoms with Crippen LogP contribution in [-0.2, 0) is 9.59 Å². The highest BCUT2D eigenvalue weighted by molar-refractivity contribution is 9.10. The van der Waals surface area contributed by atoms with E-state index in [0.717, 1.165) is 15.7 Å². The van der Waals surface area contributed by atoms with Crippen LogP contribution in [0.15, 0.2) is 40.1 Å². The minimum Gasteiger partial charge on any atom is -0.352 e. The van der Waals surface area contributed by atoms with E-state index in [9.17, 15) is 9.59 Å². The lowest BCUT2D eigenvalue weighted by atomic mass is 10.2. The molecule has 2 amide bonds. The Bertz CT molecular complexity index is 746. The molecule has 140 valence electrons. The van der Waals surface area contributed by atoms with Gasteiger partial charge in [-0.1, -0.05) is 39.8 Å². The number of carbonyl (C=O) groups excluding carboxylic acids is 2. The molecule has 0 saturated carbocycles. The quantitative estimate of drug-likeness (QED) is 0.619. The van der Waals surface area contributed by atoms with Crippen LogP contribution in [0.2, 0.25) is 0 Å². The molecule has 6 nitrogen and oxygen atoms in total. The standard InChI is InChI=1S/C18H23BrN4O2S/c1-4-23(10-16(24)21-12(2)3)17(25)11-26-18-20-9-15(22-18)13-5-7-14(19)8-6-13/h5-9,12H,4,10-11H2,1-3H3,(H,20,22)(H,21,24). The molecule has 0 spiro atoms. The third kappa shape index (κ3) is 6.17. The van der Waals surface area contributed by atoms with Gasteiger partial charge in [0.1, 0.15) is 0 Å². The van der Waals surface area contributed by atoms with Crippen LogP contribution < -0.4 is 5.32 Å². The number of carbonyl (C=O) groups is 2. The molecule has 0 aliphatic carbocycles. The SMILES string of the molecule is CCN(CC(=O)NC(C)C)C(=O)CSc1ncc(-c2ccc(Br)cc2)[nH]1. The number of nitrogens with one attached hydrogen (secondary N) is 2. The van der Waals surface area contributed by atoms with Gasteiger partial charge in [-0.05, 0) is 38.5 Å². The first kappa shape index (κ1) is 20.5. The fraction of sp³-hybridized carbons (Fsp3) is 0.389. The highest BCUT2D eigenvalue weighted by Gasteiger charge is 2.17. The van der Waals surface area contributed by atoms with E-state index in [1.165, 1.54) is 11.8 Å². The molecule has 0 radical (unpaired) electrons. The highest BCUT2D eigenvalue weighted by Crippen LogP contribution is 2.23. The molecule has 26 heavy (non-hydrogen) atoms. The number of imidazole rings is 1. The number of H-pyrrole nitrogens is 1. The zero-order chi connectivity index (χ0) is 19.1. The summed E-state index contributed by atoms with van der Waals surface area (Å²) >= 11 is 4.75. The van der Waals surface area contributed by atoms with Crippen LogP contribution in [0.1, 0.15) is 20.8 Å². The molecule has 0 fully saturated rings. The Morgan fingerprint density at radius 1 is 1.31 bits per heavy atom. The van der Waals surface area contributed by atoms with Crippen LogP contribution in [0.3, 0.4) is 0 Å². The second-order valence-corrected chi connectivity index (χ2v) is 7.91. The molecule has 2 N–H and O–H groups in total. The van der Waals surface area contributed by atoms with Gasteiger partial charge in [-0.3, -0.25) is 9.59 Å². The molecule has 1 aromatic carbocycles. The van der Waals surface area contributed by atoms with Gasteiger partial charge in [-0.2, -0.15) is 0 Å². The predicted octanol–water partition coefficient (Wildman–Crippen LogP) is 3.30. The van der Waals surface area contributed by atoms with Crippen molar-refractivity contribution in [1.82, 2.24) is 20.2 Å². The average molecular weight is 439 g/mol. The van der Waals surface area contributed by atoms with Gasteiger partial charge in [0.05, 0.1) is 24.2 Å². The van der Waals surface area contributed by atoms with E-state index in [-0.39, 0.29) is 30.2 Å². The van der Waals surface area contributed by atoms with Gasteiger partial charge < -0.3 is 15.2 Å². The number of amides is 2. The van der Waals surface area contributed by atoms with E-state index in [4.69, 9.17) is 0 Å². The van der Waals surface area contributed by atoms with Crippen LogP contribution >= 0.6 is 27.7 Å². The minimum atomic E-state index is -0.143. The summed E-state index contributed by atoms with van der Waals surface area (Å²) in [6.45, 7) is 6.23. The van der Waals surface area contributed by atoms with Crippen LogP contribution in [0.4, 0.5) is 0 Å². The molecule has 1 heterocycles. The van der Waals surface area contributed by atoms with E-state index in [0.29, 0.717) is 11.7 Å². The third-order valence-corrected chi connectivity index (χ3v) is 4.96. The van der Waals surface area contributed by atoms with Gasteiger partial charge in [-0.15, -0.1) is 0 Å². The number of thioether (sulfide) groups is 1. The number of rotatable bonds is 8. The lowest BCUT2D eigenvalue weighted by Crippen LogP contribution is -2.43. The maximum atomic E-state index is 12.4. The summed E-state index contributed by atoms with van der Waals surface area (Å²) in [6.07, 6.45) is 1.75. The van der Waals surface area contributed by atoms with Crippen LogP contribution in [0.5, 0.6) is 0 Å². The zero-order valence-corrected chi connectivity index (χ0v) is 17.5. The van der Waals surface area contributed by atoms with Crippen molar-refractivity contribution in [3.63, 3.8) is 0 Å². The summed E-state index contributed by atoms with van der Waals surface area (Å²) in [5.41, 5.74) is 1.93. The van der Waals surface area contributed by atoms with Crippen molar-refractivity contribution in [1.29, 1.82) is 0 Å². The molecule has 0 saturated heterocycles. The first-order valence-electron chi connectivity index (χ1n) is 8.40. The Hall–Kier alpha value is -1.80. The van der Waals surface area contributed by atoms with Crippen LogP contribution in [-0.4, -0.2) is 51.6 Å². The second kappa shape index (κ2) is 9.78. The van der Waals surface area contributed by atoms with Crippen molar-refractivity contribution in [3.8, 4) is 11.3 Å². The largest absolute Gasteiger partial charge is 0.352 e. The summed E-state index contributed by atoms with van der Waals surface area (Å²) in [5.74, 6) is 0.00420. The van der Waals surface area contributed by atoms with E-state index in [1.807, 2.05) is 45.0 Å². The van der Waals surface area contributed by atoms with Crippen molar-refractivity contribution < 1.29 is 9.59 Å². The molecule has 2 aromatic rings. The molecule has 8 heteroatoms. The van der Waals surface area contributed by atoms with Crippen LogP contribution in [0.25, 0.3) is 11.3 Å². The summed E-state index contributed by atoms with van der Waals surface area (Å²) in [4.78, 5) is 33.3. The molecule has 0 atom stereocenters.